The zero-order chi connectivity index (χ0) is 16.9. The first-order valence-electron chi connectivity index (χ1n) is 7.96. The van der Waals surface area contributed by atoms with Crippen molar-refractivity contribution >= 4 is 18.3 Å². The Morgan fingerprint density at radius 3 is 2.46 bits per heavy atom. The van der Waals surface area contributed by atoms with Crippen LogP contribution in [0, 0.1) is 0 Å². The van der Waals surface area contributed by atoms with Gasteiger partial charge >= 0.3 is 6.18 Å². The molecule has 1 aliphatic rings. The van der Waals surface area contributed by atoms with Gasteiger partial charge in [-0.2, -0.15) is 13.2 Å². The molecule has 0 radical (unpaired) electrons. The summed E-state index contributed by atoms with van der Waals surface area (Å²) in [4.78, 5) is 11.7. The molecule has 0 unspecified atom stereocenters. The smallest absolute Gasteiger partial charge is 0.354 e. The van der Waals surface area contributed by atoms with E-state index in [2.05, 4.69) is 10.6 Å². The van der Waals surface area contributed by atoms with Gasteiger partial charge in [0.1, 0.15) is 0 Å². The van der Waals surface area contributed by atoms with Gasteiger partial charge in [0.2, 0.25) is 5.91 Å². The number of carbonyl (C=O) groups excluding carboxylic acids is 1. The van der Waals surface area contributed by atoms with E-state index in [1.807, 2.05) is 0 Å². The Hall–Kier alpha value is -1.27. The molecule has 24 heavy (non-hydrogen) atoms. The average Bonchev–Trinajstić information content (AvgIpc) is 2.53. The van der Waals surface area contributed by atoms with Gasteiger partial charge in [0, 0.05) is 12.0 Å². The lowest BCUT2D eigenvalue weighted by Crippen LogP contribution is -2.44. The van der Waals surface area contributed by atoms with E-state index < -0.39 is 17.2 Å². The molecule has 3 nitrogen and oxygen atoms in total. The van der Waals surface area contributed by atoms with E-state index in [9.17, 15) is 18.0 Å². The fraction of sp³-hybridized carbons (Fsp3) is 0.588. The quantitative estimate of drug-likeness (QED) is 0.837. The Bertz CT molecular complexity index is 543. The Morgan fingerprint density at radius 2 is 1.88 bits per heavy atom. The minimum atomic E-state index is -4.35. The fourth-order valence-corrected chi connectivity index (χ4v) is 3.31. The van der Waals surface area contributed by atoms with E-state index >= 15 is 0 Å². The number of rotatable bonds is 5. The van der Waals surface area contributed by atoms with Crippen molar-refractivity contribution in [1.82, 2.24) is 10.6 Å². The summed E-state index contributed by atoms with van der Waals surface area (Å²) in [7, 11) is 1.68. The molecule has 2 N–H and O–H groups in total. The Balaban J connectivity index is 0.00000288. The van der Waals surface area contributed by atoms with Crippen molar-refractivity contribution in [3.05, 3.63) is 35.4 Å². The third kappa shape index (κ3) is 5.11. The van der Waals surface area contributed by atoms with Crippen molar-refractivity contribution in [2.24, 2.45) is 0 Å². The van der Waals surface area contributed by atoms with Crippen molar-refractivity contribution in [1.29, 1.82) is 0 Å². The molecule has 0 atom stereocenters. The number of amides is 1. The molecular weight excluding hydrogens is 341 g/mol. The predicted octanol–water partition coefficient (Wildman–Crippen LogP) is 3.66. The number of alkyl halides is 3. The van der Waals surface area contributed by atoms with Crippen LogP contribution in [-0.2, 0) is 16.4 Å². The van der Waals surface area contributed by atoms with E-state index in [1.165, 1.54) is 12.1 Å². The standard InChI is InChI=1S/C17H23F3N2O.ClH/c1-21-11-15(23)22-12-16(8-3-2-4-9-16)13-6-5-7-14(10-13)17(18,19)20;/h5-7,10,21H,2-4,8-9,11-12H2,1H3,(H,22,23);1H. The fourth-order valence-electron chi connectivity index (χ4n) is 3.31. The van der Waals surface area contributed by atoms with Crippen LogP contribution in [0.5, 0.6) is 0 Å². The first kappa shape index (κ1) is 20.8. The summed E-state index contributed by atoms with van der Waals surface area (Å²) in [5, 5.41) is 5.64. The lowest BCUT2D eigenvalue weighted by molar-refractivity contribution is -0.137. The van der Waals surface area contributed by atoms with Gasteiger partial charge in [-0.25, -0.2) is 0 Å². The lowest BCUT2D eigenvalue weighted by Gasteiger charge is -2.38. The van der Waals surface area contributed by atoms with Gasteiger partial charge in [-0.15, -0.1) is 12.4 Å². The van der Waals surface area contributed by atoms with Crippen LogP contribution in [0.4, 0.5) is 13.2 Å². The first-order valence-corrected chi connectivity index (χ1v) is 7.96. The maximum Gasteiger partial charge on any atom is 0.416 e. The summed E-state index contributed by atoms with van der Waals surface area (Å²) in [6.45, 7) is 0.591. The second kappa shape index (κ2) is 8.72. The Kier molecular flexibility index (Phi) is 7.55. The second-order valence-electron chi connectivity index (χ2n) is 6.23. The van der Waals surface area contributed by atoms with E-state index in [0.717, 1.165) is 38.2 Å². The highest BCUT2D eigenvalue weighted by atomic mass is 35.5. The van der Waals surface area contributed by atoms with Gasteiger partial charge in [-0.3, -0.25) is 4.79 Å². The normalized spacial score (nSPS) is 17.0. The number of halogens is 4. The maximum absolute atomic E-state index is 13.0. The molecule has 0 bridgehead atoms. The molecule has 0 saturated heterocycles. The third-order valence-electron chi connectivity index (χ3n) is 4.57. The van der Waals surface area contributed by atoms with Crippen LogP contribution in [0.2, 0.25) is 0 Å². The monoisotopic (exact) mass is 364 g/mol. The van der Waals surface area contributed by atoms with E-state index in [4.69, 9.17) is 0 Å². The van der Waals surface area contributed by atoms with Crippen LogP contribution in [0.3, 0.4) is 0 Å². The van der Waals surface area contributed by atoms with Gasteiger partial charge in [0.15, 0.2) is 0 Å². The summed E-state index contributed by atoms with van der Waals surface area (Å²) >= 11 is 0. The van der Waals surface area contributed by atoms with Crippen molar-refractivity contribution < 1.29 is 18.0 Å². The van der Waals surface area contributed by atoms with Crippen LogP contribution in [0.25, 0.3) is 0 Å². The molecular formula is C17H24ClF3N2O. The zero-order valence-corrected chi connectivity index (χ0v) is 14.5. The van der Waals surface area contributed by atoms with Gasteiger partial charge in [0.25, 0.3) is 0 Å². The molecule has 0 aromatic heterocycles. The Morgan fingerprint density at radius 1 is 1.21 bits per heavy atom. The summed E-state index contributed by atoms with van der Waals surface area (Å²) in [6, 6.07) is 5.56. The number of likely N-dealkylation sites (N-methyl/N-ethyl adjacent to an activating group) is 1. The molecule has 0 spiro atoms. The minimum Gasteiger partial charge on any atom is -0.354 e. The number of carbonyl (C=O) groups is 1. The Labute approximate surface area is 146 Å². The van der Waals surface area contributed by atoms with Gasteiger partial charge < -0.3 is 10.6 Å². The SMILES string of the molecule is CNCC(=O)NCC1(c2cccc(C(F)(F)F)c2)CCCCC1.Cl. The highest BCUT2D eigenvalue weighted by Crippen LogP contribution is 2.41. The van der Waals surface area contributed by atoms with Crippen molar-refractivity contribution in [2.45, 2.75) is 43.7 Å². The van der Waals surface area contributed by atoms with Crippen LogP contribution in [0.1, 0.15) is 43.2 Å². The summed E-state index contributed by atoms with van der Waals surface area (Å²) in [6.07, 6.45) is 0.283. The van der Waals surface area contributed by atoms with Crippen LogP contribution in [-0.4, -0.2) is 26.0 Å². The van der Waals surface area contributed by atoms with Crippen molar-refractivity contribution in [3.63, 3.8) is 0 Å². The highest BCUT2D eigenvalue weighted by molar-refractivity contribution is 5.85. The van der Waals surface area contributed by atoms with Crippen molar-refractivity contribution in [2.75, 3.05) is 20.1 Å². The molecule has 1 aromatic carbocycles. The van der Waals surface area contributed by atoms with Crippen LogP contribution >= 0.6 is 12.4 Å². The number of benzene rings is 1. The minimum absolute atomic E-state index is 0. The first-order chi connectivity index (χ1) is 10.9. The summed E-state index contributed by atoms with van der Waals surface area (Å²) in [5.41, 5.74) is -0.346. The predicted molar refractivity (Wildman–Crippen MR) is 90.4 cm³/mol. The topological polar surface area (TPSA) is 41.1 Å². The zero-order valence-electron chi connectivity index (χ0n) is 13.7. The number of hydrogen-bond donors (Lipinski definition) is 2. The van der Waals surface area contributed by atoms with E-state index in [1.54, 1.807) is 13.1 Å². The third-order valence-corrected chi connectivity index (χ3v) is 4.57. The van der Waals surface area contributed by atoms with Crippen LogP contribution in [0.15, 0.2) is 24.3 Å². The van der Waals surface area contributed by atoms with Crippen LogP contribution < -0.4 is 10.6 Å². The molecule has 136 valence electrons. The largest absolute Gasteiger partial charge is 0.416 e. The lowest BCUT2D eigenvalue weighted by atomic mass is 9.69. The summed E-state index contributed by atoms with van der Waals surface area (Å²) in [5.74, 6) is -0.135. The molecule has 1 fully saturated rings. The molecule has 1 aliphatic carbocycles. The summed E-state index contributed by atoms with van der Waals surface area (Å²) < 4.78 is 39.0. The van der Waals surface area contributed by atoms with Gasteiger partial charge in [-0.1, -0.05) is 37.5 Å². The second-order valence-corrected chi connectivity index (χ2v) is 6.23. The molecule has 0 heterocycles. The van der Waals surface area contributed by atoms with Crippen molar-refractivity contribution in [3.8, 4) is 0 Å². The van der Waals surface area contributed by atoms with E-state index in [-0.39, 0.29) is 24.9 Å². The molecule has 1 aromatic rings. The van der Waals surface area contributed by atoms with Gasteiger partial charge in [-0.05, 0) is 31.5 Å². The molecule has 1 saturated carbocycles. The molecule has 7 heteroatoms. The highest BCUT2D eigenvalue weighted by Gasteiger charge is 2.37. The maximum atomic E-state index is 13.0. The molecule has 2 rings (SSSR count). The van der Waals surface area contributed by atoms with E-state index in [0.29, 0.717) is 12.1 Å². The number of nitrogens with one attached hydrogen (secondary N) is 2. The molecule has 0 aliphatic heterocycles. The molecule has 1 amide bonds. The number of hydrogen-bond acceptors (Lipinski definition) is 2. The average molecular weight is 365 g/mol. The van der Waals surface area contributed by atoms with Gasteiger partial charge in [0.05, 0.1) is 12.1 Å².